The first-order chi connectivity index (χ1) is 7.97. The Labute approximate surface area is 101 Å². The zero-order chi connectivity index (χ0) is 13.0. The van der Waals surface area contributed by atoms with Crippen molar-refractivity contribution < 1.29 is 14.3 Å². The molecular formula is C11H19N3O3. The van der Waals surface area contributed by atoms with E-state index >= 15 is 0 Å². The molecule has 6 nitrogen and oxygen atoms in total. The van der Waals surface area contributed by atoms with E-state index in [4.69, 9.17) is 4.74 Å². The Morgan fingerprint density at radius 1 is 1.53 bits per heavy atom. The van der Waals surface area contributed by atoms with Crippen LogP contribution in [-0.2, 0) is 9.53 Å². The molecule has 3 amide bonds. The summed E-state index contributed by atoms with van der Waals surface area (Å²) in [6.07, 6.45) is -0.424. The van der Waals surface area contributed by atoms with E-state index in [1.807, 2.05) is 0 Å². The molecule has 1 rings (SSSR count). The predicted molar refractivity (Wildman–Crippen MR) is 63.1 cm³/mol. The molecule has 1 aliphatic rings. The van der Waals surface area contributed by atoms with Gasteiger partial charge in [0.15, 0.2) is 0 Å². The molecule has 96 valence electrons. The zero-order valence-electron chi connectivity index (χ0n) is 10.5. The highest BCUT2D eigenvalue weighted by atomic mass is 16.5. The molecule has 0 aromatic carbocycles. The first-order valence-electron chi connectivity index (χ1n) is 5.48. The lowest BCUT2D eigenvalue weighted by Gasteiger charge is -2.29. The second kappa shape index (κ2) is 5.67. The number of urea groups is 1. The summed E-state index contributed by atoms with van der Waals surface area (Å²) in [5.41, 5.74) is 0.411. The number of methoxy groups -OCH3 is 1. The summed E-state index contributed by atoms with van der Waals surface area (Å²) in [6, 6.07) is -0.124. The SMILES string of the molecule is C=C(C)C(=O)NC(C)N(COC)C(=O)N1CC1. The van der Waals surface area contributed by atoms with Gasteiger partial charge in [0.25, 0.3) is 0 Å². The van der Waals surface area contributed by atoms with Gasteiger partial charge in [-0.25, -0.2) is 4.79 Å². The highest BCUT2D eigenvalue weighted by molar-refractivity contribution is 5.92. The van der Waals surface area contributed by atoms with Gasteiger partial charge in [-0.05, 0) is 13.8 Å². The molecule has 1 fully saturated rings. The fourth-order valence-corrected chi connectivity index (χ4v) is 1.29. The lowest BCUT2D eigenvalue weighted by Crippen LogP contribution is -2.51. The fraction of sp³-hybridized carbons (Fsp3) is 0.636. The largest absolute Gasteiger partial charge is 0.364 e. The van der Waals surface area contributed by atoms with E-state index in [-0.39, 0.29) is 18.7 Å². The third kappa shape index (κ3) is 3.74. The van der Waals surface area contributed by atoms with E-state index in [1.165, 1.54) is 12.0 Å². The van der Waals surface area contributed by atoms with Crippen LogP contribution in [0.2, 0.25) is 0 Å². The molecule has 0 aromatic heterocycles. The Bertz CT molecular complexity index is 326. The molecule has 1 saturated heterocycles. The van der Waals surface area contributed by atoms with Gasteiger partial charge in [-0.3, -0.25) is 9.69 Å². The quantitative estimate of drug-likeness (QED) is 0.429. The van der Waals surface area contributed by atoms with Crippen LogP contribution in [0.4, 0.5) is 4.79 Å². The second-order valence-electron chi connectivity index (χ2n) is 4.09. The van der Waals surface area contributed by atoms with Crippen molar-refractivity contribution in [3.8, 4) is 0 Å². The van der Waals surface area contributed by atoms with Crippen LogP contribution in [0.5, 0.6) is 0 Å². The minimum absolute atomic E-state index is 0.124. The number of hydrogen-bond donors (Lipinski definition) is 1. The number of hydrogen-bond acceptors (Lipinski definition) is 3. The molecule has 1 atom stereocenters. The molecule has 0 spiro atoms. The van der Waals surface area contributed by atoms with Gasteiger partial charge >= 0.3 is 6.03 Å². The number of carbonyl (C=O) groups is 2. The average Bonchev–Trinajstić information content (AvgIpc) is 3.08. The van der Waals surface area contributed by atoms with Gasteiger partial charge in [0.2, 0.25) is 5.91 Å². The van der Waals surface area contributed by atoms with Crippen LogP contribution in [0.15, 0.2) is 12.2 Å². The monoisotopic (exact) mass is 241 g/mol. The zero-order valence-corrected chi connectivity index (χ0v) is 10.5. The summed E-state index contributed by atoms with van der Waals surface area (Å²) < 4.78 is 4.97. The van der Waals surface area contributed by atoms with Gasteiger partial charge in [0.1, 0.15) is 12.9 Å². The normalized spacial score (nSPS) is 15.1. The lowest BCUT2D eigenvalue weighted by molar-refractivity contribution is -0.119. The molecule has 1 unspecified atom stereocenters. The third-order valence-corrected chi connectivity index (χ3v) is 2.43. The van der Waals surface area contributed by atoms with Gasteiger partial charge in [0, 0.05) is 25.8 Å². The van der Waals surface area contributed by atoms with Crippen molar-refractivity contribution in [2.75, 3.05) is 26.9 Å². The number of carbonyl (C=O) groups excluding carboxylic acids is 2. The van der Waals surface area contributed by atoms with Crippen LogP contribution in [0.3, 0.4) is 0 Å². The van der Waals surface area contributed by atoms with Crippen LogP contribution in [0, 0.1) is 0 Å². The van der Waals surface area contributed by atoms with E-state index in [9.17, 15) is 9.59 Å². The molecule has 1 N–H and O–H groups in total. The summed E-state index contributed by atoms with van der Waals surface area (Å²) in [5.74, 6) is -0.266. The van der Waals surface area contributed by atoms with Crippen LogP contribution in [0.1, 0.15) is 13.8 Å². The van der Waals surface area contributed by atoms with Gasteiger partial charge in [-0.2, -0.15) is 0 Å². The molecule has 6 heteroatoms. The Balaban J connectivity index is 2.59. The first-order valence-corrected chi connectivity index (χ1v) is 5.48. The van der Waals surface area contributed by atoms with Gasteiger partial charge in [-0.15, -0.1) is 0 Å². The van der Waals surface area contributed by atoms with Crippen molar-refractivity contribution in [3.05, 3.63) is 12.2 Å². The standard InChI is InChI=1S/C11H19N3O3/c1-8(2)10(15)12-9(3)14(7-17-4)11(16)13-5-6-13/h9H,1,5-7H2,2-4H3,(H,12,15). The fourth-order valence-electron chi connectivity index (χ4n) is 1.29. The minimum atomic E-state index is -0.424. The molecule has 0 aromatic rings. The van der Waals surface area contributed by atoms with Crippen molar-refractivity contribution in [1.29, 1.82) is 0 Å². The number of ether oxygens (including phenoxy) is 1. The second-order valence-corrected chi connectivity index (χ2v) is 4.09. The first kappa shape index (κ1) is 13.5. The molecule has 1 aliphatic heterocycles. The predicted octanol–water partition coefficient (Wildman–Crippen LogP) is 0.366. The number of nitrogens with zero attached hydrogens (tertiary/aromatic N) is 2. The number of nitrogens with one attached hydrogen (secondary N) is 1. The van der Waals surface area contributed by atoms with Crippen molar-refractivity contribution >= 4 is 11.9 Å². The Hall–Kier alpha value is -1.56. The van der Waals surface area contributed by atoms with E-state index in [0.717, 1.165) is 13.1 Å². The Kier molecular flexibility index (Phi) is 4.51. The molecule has 1 heterocycles. The summed E-state index contributed by atoms with van der Waals surface area (Å²) in [5, 5.41) is 2.69. The van der Waals surface area contributed by atoms with Crippen LogP contribution >= 0.6 is 0 Å². The average molecular weight is 241 g/mol. The number of rotatable bonds is 5. The molecule has 0 aliphatic carbocycles. The van der Waals surface area contributed by atoms with Gasteiger partial charge in [-0.1, -0.05) is 6.58 Å². The number of amides is 3. The molecule has 0 bridgehead atoms. The minimum Gasteiger partial charge on any atom is -0.364 e. The van der Waals surface area contributed by atoms with Crippen LogP contribution in [-0.4, -0.2) is 54.8 Å². The van der Waals surface area contributed by atoms with E-state index in [2.05, 4.69) is 11.9 Å². The summed E-state index contributed by atoms with van der Waals surface area (Å²) >= 11 is 0. The van der Waals surface area contributed by atoms with E-state index in [1.54, 1.807) is 18.7 Å². The van der Waals surface area contributed by atoms with Crippen molar-refractivity contribution in [2.24, 2.45) is 0 Å². The maximum atomic E-state index is 11.9. The molecule has 0 radical (unpaired) electrons. The topological polar surface area (TPSA) is 61.7 Å². The Morgan fingerprint density at radius 3 is 2.53 bits per heavy atom. The molecular weight excluding hydrogens is 222 g/mol. The Morgan fingerprint density at radius 2 is 2.12 bits per heavy atom. The molecule has 17 heavy (non-hydrogen) atoms. The summed E-state index contributed by atoms with van der Waals surface area (Å²) in [6.45, 7) is 8.58. The van der Waals surface area contributed by atoms with Gasteiger partial charge < -0.3 is 15.0 Å². The van der Waals surface area contributed by atoms with Crippen molar-refractivity contribution in [2.45, 2.75) is 20.0 Å². The van der Waals surface area contributed by atoms with E-state index < -0.39 is 6.17 Å². The van der Waals surface area contributed by atoms with Crippen molar-refractivity contribution in [3.63, 3.8) is 0 Å². The highest BCUT2D eigenvalue weighted by Gasteiger charge is 2.31. The maximum Gasteiger partial charge on any atom is 0.323 e. The smallest absolute Gasteiger partial charge is 0.323 e. The van der Waals surface area contributed by atoms with Gasteiger partial charge in [0.05, 0.1) is 0 Å². The summed E-state index contributed by atoms with van der Waals surface area (Å²) in [7, 11) is 1.51. The maximum absolute atomic E-state index is 11.9. The third-order valence-electron chi connectivity index (χ3n) is 2.43. The van der Waals surface area contributed by atoms with Crippen LogP contribution < -0.4 is 5.32 Å². The lowest BCUT2D eigenvalue weighted by atomic mass is 10.3. The van der Waals surface area contributed by atoms with Crippen molar-refractivity contribution in [1.82, 2.24) is 15.1 Å². The highest BCUT2D eigenvalue weighted by Crippen LogP contribution is 2.11. The van der Waals surface area contributed by atoms with E-state index in [0.29, 0.717) is 5.57 Å². The summed E-state index contributed by atoms with van der Waals surface area (Å²) in [4.78, 5) is 26.5. The molecule has 0 saturated carbocycles. The van der Waals surface area contributed by atoms with Crippen LogP contribution in [0.25, 0.3) is 0 Å².